The van der Waals surface area contributed by atoms with Crippen molar-refractivity contribution in [2.45, 2.75) is 0 Å². The van der Waals surface area contributed by atoms with Crippen LogP contribution in [0.15, 0.2) is 22.7 Å². The van der Waals surface area contributed by atoms with Crippen LogP contribution in [0, 0.1) is 5.82 Å². The predicted molar refractivity (Wildman–Crippen MR) is 57.7 cm³/mol. The van der Waals surface area contributed by atoms with Crippen molar-refractivity contribution in [1.82, 2.24) is 14.9 Å². The molecule has 7 heteroatoms. The molecular weight excluding hydrogens is 265 g/mol. The van der Waals surface area contributed by atoms with Crippen LogP contribution in [0.3, 0.4) is 0 Å². The molecule has 0 radical (unpaired) electrons. The van der Waals surface area contributed by atoms with Gasteiger partial charge in [0.25, 0.3) is 0 Å². The van der Waals surface area contributed by atoms with Crippen LogP contribution in [0.25, 0.3) is 11.4 Å². The van der Waals surface area contributed by atoms with Crippen molar-refractivity contribution < 1.29 is 4.39 Å². The zero-order valence-electron chi connectivity index (χ0n) is 7.48. The molecule has 2 rings (SSSR count). The lowest BCUT2D eigenvalue weighted by atomic mass is 10.2. The highest BCUT2D eigenvalue weighted by atomic mass is 79.9. The zero-order chi connectivity index (χ0) is 11.0. The van der Waals surface area contributed by atoms with Crippen LogP contribution < -0.4 is 11.6 Å². The van der Waals surface area contributed by atoms with Crippen LogP contribution in [0.4, 0.5) is 10.3 Å². The quantitative estimate of drug-likeness (QED) is 0.762. The molecule has 78 valence electrons. The summed E-state index contributed by atoms with van der Waals surface area (Å²) in [6, 6.07) is 4.55. The van der Waals surface area contributed by atoms with Gasteiger partial charge >= 0.3 is 0 Å². The molecule has 1 aromatic heterocycles. The van der Waals surface area contributed by atoms with Gasteiger partial charge in [0.1, 0.15) is 5.82 Å². The van der Waals surface area contributed by atoms with Crippen molar-refractivity contribution in [2.75, 3.05) is 11.6 Å². The molecule has 1 aromatic carbocycles. The van der Waals surface area contributed by atoms with Crippen LogP contribution >= 0.6 is 15.9 Å². The summed E-state index contributed by atoms with van der Waals surface area (Å²) < 4.78 is 14.6. The van der Waals surface area contributed by atoms with Crippen LogP contribution in [-0.2, 0) is 0 Å². The predicted octanol–water partition coefficient (Wildman–Crippen LogP) is 1.14. The Balaban J connectivity index is 2.64. The van der Waals surface area contributed by atoms with Gasteiger partial charge in [-0.1, -0.05) is 6.07 Å². The summed E-state index contributed by atoms with van der Waals surface area (Å²) in [5.41, 5.74) is 5.92. The maximum absolute atomic E-state index is 13.2. The molecule has 0 unspecified atom stereocenters. The highest BCUT2D eigenvalue weighted by Crippen LogP contribution is 2.28. The fraction of sp³-hybridized carbons (Fsp3) is 0. The Bertz CT molecular complexity index is 510. The molecule has 0 saturated heterocycles. The number of benzene rings is 1. The average Bonchev–Trinajstić information content (AvgIpc) is 2.53. The molecule has 0 aliphatic rings. The fourth-order valence-electron chi connectivity index (χ4n) is 1.16. The van der Waals surface area contributed by atoms with E-state index in [1.807, 2.05) is 0 Å². The number of hydrogen-bond donors (Lipinski definition) is 2. The first-order valence-electron chi connectivity index (χ1n) is 4.01. The van der Waals surface area contributed by atoms with E-state index in [0.29, 0.717) is 11.4 Å². The molecule has 4 N–H and O–H groups in total. The van der Waals surface area contributed by atoms with Crippen LogP contribution in [0.5, 0.6) is 0 Å². The van der Waals surface area contributed by atoms with Crippen molar-refractivity contribution in [3.8, 4) is 11.4 Å². The van der Waals surface area contributed by atoms with Crippen molar-refractivity contribution in [2.24, 2.45) is 0 Å². The van der Waals surface area contributed by atoms with Crippen LogP contribution in [-0.4, -0.2) is 14.9 Å². The standard InChI is InChI=1S/C8H7BrFN5/c9-6-4(2-1-3-5(6)10)7-13-14-8(11)15(7)12/h1-3H,12H2,(H2,11,14). The largest absolute Gasteiger partial charge is 0.366 e. The lowest BCUT2D eigenvalue weighted by Crippen LogP contribution is -2.13. The van der Waals surface area contributed by atoms with E-state index < -0.39 is 5.82 Å². The summed E-state index contributed by atoms with van der Waals surface area (Å²) in [7, 11) is 0. The van der Waals surface area contributed by atoms with Gasteiger partial charge in [0, 0.05) is 5.56 Å². The number of nitrogens with zero attached hydrogens (tertiary/aromatic N) is 3. The summed E-state index contributed by atoms with van der Waals surface area (Å²) in [5, 5.41) is 7.34. The Kier molecular flexibility index (Phi) is 2.31. The van der Waals surface area contributed by atoms with E-state index in [1.165, 1.54) is 6.07 Å². The molecule has 2 aromatic rings. The molecule has 0 bridgehead atoms. The van der Waals surface area contributed by atoms with Gasteiger partial charge in [-0.15, -0.1) is 10.2 Å². The third kappa shape index (κ3) is 1.54. The second-order valence-corrected chi connectivity index (χ2v) is 3.65. The highest BCUT2D eigenvalue weighted by molar-refractivity contribution is 9.10. The summed E-state index contributed by atoms with van der Waals surface area (Å²) in [4.78, 5) is 0. The zero-order valence-corrected chi connectivity index (χ0v) is 9.07. The van der Waals surface area contributed by atoms with E-state index in [2.05, 4.69) is 26.1 Å². The fourth-order valence-corrected chi connectivity index (χ4v) is 1.61. The number of nitrogens with two attached hydrogens (primary N) is 2. The van der Waals surface area contributed by atoms with Gasteiger partial charge in [0.05, 0.1) is 4.47 Å². The second kappa shape index (κ2) is 3.50. The van der Waals surface area contributed by atoms with Gasteiger partial charge in [-0.25, -0.2) is 9.07 Å². The van der Waals surface area contributed by atoms with Crippen molar-refractivity contribution >= 4 is 21.9 Å². The molecule has 1 heterocycles. The van der Waals surface area contributed by atoms with Crippen LogP contribution in [0.2, 0.25) is 0 Å². The number of aromatic nitrogens is 3. The maximum Gasteiger partial charge on any atom is 0.241 e. The van der Waals surface area contributed by atoms with Gasteiger partial charge in [-0.05, 0) is 28.1 Å². The lowest BCUT2D eigenvalue weighted by molar-refractivity contribution is 0.621. The molecule has 0 amide bonds. The third-order valence-corrected chi connectivity index (χ3v) is 2.72. The van der Waals surface area contributed by atoms with E-state index in [1.54, 1.807) is 12.1 Å². The van der Waals surface area contributed by atoms with E-state index in [4.69, 9.17) is 11.6 Å². The summed E-state index contributed by atoms with van der Waals surface area (Å²) in [6.45, 7) is 0. The molecule has 0 spiro atoms. The van der Waals surface area contributed by atoms with E-state index in [0.717, 1.165) is 4.68 Å². The first kappa shape index (κ1) is 9.91. The highest BCUT2D eigenvalue weighted by Gasteiger charge is 2.14. The SMILES string of the molecule is Nc1nnc(-c2cccc(F)c2Br)n1N. The Labute approximate surface area is 93.0 Å². The first-order valence-corrected chi connectivity index (χ1v) is 4.81. The number of nitrogen functional groups attached to an aromatic ring is 2. The minimum Gasteiger partial charge on any atom is -0.366 e. The van der Waals surface area contributed by atoms with Crippen molar-refractivity contribution in [3.63, 3.8) is 0 Å². The van der Waals surface area contributed by atoms with E-state index >= 15 is 0 Å². The van der Waals surface area contributed by atoms with Crippen molar-refractivity contribution in [1.29, 1.82) is 0 Å². The Hall–Kier alpha value is -1.63. The Morgan fingerprint density at radius 2 is 2.07 bits per heavy atom. The number of rotatable bonds is 1. The monoisotopic (exact) mass is 271 g/mol. The Morgan fingerprint density at radius 3 is 2.67 bits per heavy atom. The second-order valence-electron chi connectivity index (χ2n) is 2.85. The molecule has 0 saturated carbocycles. The topological polar surface area (TPSA) is 82.8 Å². The number of anilines is 1. The normalized spacial score (nSPS) is 10.5. The molecule has 15 heavy (non-hydrogen) atoms. The molecule has 0 aliphatic heterocycles. The summed E-state index contributed by atoms with van der Waals surface area (Å²) in [6.07, 6.45) is 0. The maximum atomic E-state index is 13.2. The molecule has 5 nitrogen and oxygen atoms in total. The molecule has 0 atom stereocenters. The molecule has 0 aliphatic carbocycles. The minimum absolute atomic E-state index is 0.0705. The van der Waals surface area contributed by atoms with Gasteiger partial charge < -0.3 is 11.6 Å². The minimum atomic E-state index is -0.394. The van der Waals surface area contributed by atoms with E-state index in [-0.39, 0.29) is 10.4 Å². The third-order valence-electron chi connectivity index (χ3n) is 1.91. The lowest BCUT2D eigenvalue weighted by Gasteiger charge is -2.04. The van der Waals surface area contributed by atoms with Gasteiger partial charge in [-0.3, -0.25) is 0 Å². The van der Waals surface area contributed by atoms with Gasteiger partial charge in [0.15, 0.2) is 5.82 Å². The smallest absolute Gasteiger partial charge is 0.241 e. The first-order chi connectivity index (χ1) is 7.11. The average molecular weight is 272 g/mol. The number of halogens is 2. The molecular formula is C8H7BrFN5. The summed E-state index contributed by atoms with van der Waals surface area (Å²) >= 11 is 3.11. The van der Waals surface area contributed by atoms with Gasteiger partial charge in [0.2, 0.25) is 5.95 Å². The summed E-state index contributed by atoms with van der Waals surface area (Å²) in [5.74, 6) is 5.56. The number of hydrogen-bond acceptors (Lipinski definition) is 4. The van der Waals surface area contributed by atoms with Crippen LogP contribution in [0.1, 0.15) is 0 Å². The van der Waals surface area contributed by atoms with Crippen molar-refractivity contribution in [3.05, 3.63) is 28.5 Å². The Morgan fingerprint density at radius 1 is 1.33 bits per heavy atom. The molecule has 0 fully saturated rings. The van der Waals surface area contributed by atoms with E-state index in [9.17, 15) is 4.39 Å². The van der Waals surface area contributed by atoms with Gasteiger partial charge in [-0.2, -0.15) is 0 Å².